The summed E-state index contributed by atoms with van der Waals surface area (Å²) in [5.74, 6) is -2.57. The van der Waals surface area contributed by atoms with Crippen molar-refractivity contribution >= 4 is 23.8 Å². The van der Waals surface area contributed by atoms with Gasteiger partial charge < -0.3 is 15.3 Å². The number of aliphatic carboxylic acids is 1. The van der Waals surface area contributed by atoms with Gasteiger partial charge in [-0.25, -0.2) is 9.18 Å². The highest BCUT2D eigenvalue weighted by Crippen LogP contribution is 2.43. The number of benzene rings is 2. The van der Waals surface area contributed by atoms with Crippen LogP contribution in [-0.4, -0.2) is 61.1 Å². The number of halogens is 1. The number of nitrogens with one attached hydrogen (secondary N) is 1. The van der Waals surface area contributed by atoms with Crippen molar-refractivity contribution < 1.29 is 28.7 Å². The zero-order chi connectivity index (χ0) is 29.6. The molecule has 2 aromatic carbocycles. The molecule has 1 aliphatic heterocycles. The molecule has 1 unspecified atom stereocenters. The van der Waals surface area contributed by atoms with E-state index in [0.717, 1.165) is 27.2 Å². The van der Waals surface area contributed by atoms with E-state index in [1.54, 1.807) is 27.9 Å². The molecule has 42 heavy (non-hydrogen) atoms. The molecule has 1 saturated carbocycles. The molecule has 2 heterocycles. The number of carbonyl (C=O) groups excluding carboxylic acids is 3. The number of carboxylic acid groups (broad SMARTS) is 1. The third-order valence-corrected chi connectivity index (χ3v) is 8.91. The second-order valence-electron chi connectivity index (χ2n) is 11.5. The van der Waals surface area contributed by atoms with Gasteiger partial charge in [-0.3, -0.25) is 24.0 Å². The Morgan fingerprint density at radius 1 is 1.10 bits per heavy atom. The van der Waals surface area contributed by atoms with Crippen molar-refractivity contribution in [3.05, 3.63) is 77.4 Å². The summed E-state index contributed by atoms with van der Waals surface area (Å²) in [7, 11) is 1.84. The predicted octanol–water partition coefficient (Wildman–Crippen LogP) is 3.59. The van der Waals surface area contributed by atoms with Crippen molar-refractivity contribution in [3.8, 4) is 11.1 Å². The second kappa shape index (κ2) is 10.7. The molecule has 1 atom stereocenters. The van der Waals surface area contributed by atoms with Crippen LogP contribution in [0.1, 0.15) is 48.8 Å². The van der Waals surface area contributed by atoms with Gasteiger partial charge in [0.05, 0.1) is 12.1 Å². The average Bonchev–Trinajstić information content (AvgIpc) is 3.65. The van der Waals surface area contributed by atoms with Gasteiger partial charge in [0, 0.05) is 31.4 Å². The first-order chi connectivity index (χ1) is 20.1. The van der Waals surface area contributed by atoms with Crippen LogP contribution < -0.4 is 5.32 Å². The van der Waals surface area contributed by atoms with Crippen LogP contribution in [0.4, 0.5) is 9.18 Å². The number of aryl methyl sites for hydroxylation is 2. The summed E-state index contributed by atoms with van der Waals surface area (Å²) >= 11 is 0. The van der Waals surface area contributed by atoms with Crippen LogP contribution in [0.3, 0.4) is 0 Å². The summed E-state index contributed by atoms with van der Waals surface area (Å²) in [6, 6.07) is 10.7. The first-order valence-corrected chi connectivity index (χ1v) is 14.2. The number of carbonyl (C=O) groups is 4. The van der Waals surface area contributed by atoms with Crippen molar-refractivity contribution in [1.82, 2.24) is 24.9 Å². The van der Waals surface area contributed by atoms with Crippen molar-refractivity contribution in [2.75, 3.05) is 6.54 Å². The van der Waals surface area contributed by atoms with Crippen molar-refractivity contribution in [3.63, 3.8) is 0 Å². The van der Waals surface area contributed by atoms with Gasteiger partial charge in [-0.1, -0.05) is 30.3 Å². The monoisotopic (exact) mass is 573 g/mol. The molecule has 10 nitrogen and oxygen atoms in total. The van der Waals surface area contributed by atoms with Crippen LogP contribution in [0.25, 0.3) is 11.1 Å². The molecule has 3 aromatic rings. The number of imide groups is 1. The fourth-order valence-corrected chi connectivity index (χ4v) is 6.61. The number of amides is 4. The van der Waals surface area contributed by atoms with Gasteiger partial charge in [-0.05, 0) is 72.9 Å². The lowest BCUT2D eigenvalue weighted by atomic mass is 9.85. The number of rotatable bonds is 7. The molecule has 4 amide bonds. The summed E-state index contributed by atoms with van der Waals surface area (Å²) in [5.41, 5.74) is 3.10. The lowest BCUT2D eigenvalue weighted by Gasteiger charge is -2.36. The van der Waals surface area contributed by atoms with Crippen LogP contribution in [-0.2, 0) is 39.9 Å². The molecule has 218 valence electrons. The summed E-state index contributed by atoms with van der Waals surface area (Å²) in [6.45, 7) is -0.272. The lowest BCUT2D eigenvalue weighted by molar-refractivity contribution is -0.145. The minimum absolute atomic E-state index is 0.163. The molecule has 1 aromatic heterocycles. The molecule has 0 radical (unpaired) electrons. The van der Waals surface area contributed by atoms with E-state index in [0.29, 0.717) is 44.1 Å². The zero-order valence-electron chi connectivity index (χ0n) is 23.3. The molecule has 11 heteroatoms. The van der Waals surface area contributed by atoms with Gasteiger partial charge in [0.2, 0.25) is 5.91 Å². The van der Waals surface area contributed by atoms with E-state index in [-0.39, 0.29) is 12.6 Å². The number of nitrogens with zero attached hydrogens (tertiary/aromatic N) is 4. The van der Waals surface area contributed by atoms with Crippen LogP contribution in [0.15, 0.2) is 54.9 Å². The maximum atomic E-state index is 13.9. The number of urea groups is 1. The Hall–Kier alpha value is -4.54. The first-order valence-electron chi connectivity index (χ1n) is 14.2. The Balaban J connectivity index is 1.22. The van der Waals surface area contributed by atoms with Crippen molar-refractivity contribution in [1.29, 1.82) is 0 Å². The average molecular weight is 574 g/mol. The van der Waals surface area contributed by atoms with Crippen molar-refractivity contribution in [2.24, 2.45) is 13.0 Å². The molecule has 1 spiro atoms. The highest BCUT2D eigenvalue weighted by molar-refractivity contribution is 6.10. The second-order valence-corrected chi connectivity index (χ2v) is 11.5. The van der Waals surface area contributed by atoms with Crippen LogP contribution in [0.2, 0.25) is 0 Å². The molecule has 0 bridgehead atoms. The molecule has 6 rings (SSSR count). The summed E-state index contributed by atoms with van der Waals surface area (Å²) in [5, 5.41) is 16.5. The SMILES string of the molecule is Cn1cc(-c2ccc3c(c2)CCC32NC(=O)N(CC(=O)N(Cc3ccc(F)cc3)[C@H]3CC[C@H](C(=O)O)CC3)C2=O)cn1. The smallest absolute Gasteiger partial charge is 0.325 e. The Labute approximate surface area is 242 Å². The predicted molar refractivity (Wildman–Crippen MR) is 149 cm³/mol. The van der Waals surface area contributed by atoms with E-state index in [9.17, 15) is 28.7 Å². The van der Waals surface area contributed by atoms with Crippen molar-refractivity contribution in [2.45, 2.75) is 56.7 Å². The van der Waals surface area contributed by atoms with Crippen LogP contribution in [0, 0.1) is 11.7 Å². The van der Waals surface area contributed by atoms with Crippen LogP contribution >= 0.6 is 0 Å². The topological polar surface area (TPSA) is 125 Å². The Morgan fingerprint density at radius 2 is 1.83 bits per heavy atom. The number of hydrogen-bond donors (Lipinski definition) is 2. The van der Waals surface area contributed by atoms with E-state index in [4.69, 9.17) is 0 Å². The van der Waals surface area contributed by atoms with Gasteiger partial charge in [0.15, 0.2) is 0 Å². The van der Waals surface area contributed by atoms with E-state index < -0.39 is 47.6 Å². The van der Waals surface area contributed by atoms with E-state index in [2.05, 4.69) is 10.4 Å². The fourth-order valence-electron chi connectivity index (χ4n) is 6.61. The molecular weight excluding hydrogens is 541 g/mol. The quantitative estimate of drug-likeness (QED) is 0.417. The largest absolute Gasteiger partial charge is 0.481 e. The number of aromatic nitrogens is 2. The molecule has 2 N–H and O–H groups in total. The molecule has 1 saturated heterocycles. The molecule has 2 fully saturated rings. The Morgan fingerprint density at radius 3 is 2.50 bits per heavy atom. The van der Waals surface area contributed by atoms with E-state index >= 15 is 0 Å². The molecule has 2 aliphatic carbocycles. The van der Waals surface area contributed by atoms with Gasteiger partial charge in [0.25, 0.3) is 5.91 Å². The van der Waals surface area contributed by atoms with Crippen LogP contribution in [0.5, 0.6) is 0 Å². The minimum Gasteiger partial charge on any atom is -0.481 e. The zero-order valence-corrected chi connectivity index (χ0v) is 23.3. The van der Waals surface area contributed by atoms with Gasteiger partial charge in [-0.15, -0.1) is 0 Å². The van der Waals surface area contributed by atoms with E-state index in [1.807, 2.05) is 31.4 Å². The Bertz CT molecular complexity index is 1560. The lowest BCUT2D eigenvalue weighted by Crippen LogP contribution is -2.48. The first kappa shape index (κ1) is 27.6. The fraction of sp³-hybridized carbons (Fsp3) is 0.387. The van der Waals surface area contributed by atoms with Gasteiger partial charge >= 0.3 is 12.0 Å². The maximum Gasteiger partial charge on any atom is 0.325 e. The Kier molecular flexibility index (Phi) is 7.04. The normalized spacial score (nSPS) is 23.2. The number of hydrogen-bond acceptors (Lipinski definition) is 5. The van der Waals surface area contributed by atoms with E-state index in [1.165, 1.54) is 12.1 Å². The van der Waals surface area contributed by atoms with Gasteiger partial charge in [-0.2, -0.15) is 5.10 Å². The third kappa shape index (κ3) is 4.93. The summed E-state index contributed by atoms with van der Waals surface area (Å²) in [6.07, 6.45) is 6.51. The highest BCUT2D eigenvalue weighted by atomic mass is 19.1. The number of fused-ring (bicyclic) bond motifs is 2. The standard InChI is InChI=1S/C31H32FN5O5/c1-35-17-23(15-33-35)21-6-11-26-22(14-21)12-13-31(26)29(41)37(30(42)34-31)18-27(38)36(16-19-2-7-24(32)8-3-19)25-9-4-20(5-10-25)28(39)40/h2-3,6-8,11,14-15,17,20,25H,4-5,9-10,12-13,16,18H2,1H3,(H,34,42)(H,39,40)/t20-,25-,31?. The summed E-state index contributed by atoms with van der Waals surface area (Å²) in [4.78, 5) is 54.9. The van der Waals surface area contributed by atoms with Gasteiger partial charge in [0.1, 0.15) is 17.9 Å². The highest BCUT2D eigenvalue weighted by Gasteiger charge is 2.56. The summed E-state index contributed by atoms with van der Waals surface area (Å²) < 4.78 is 15.3. The molecule has 3 aliphatic rings. The third-order valence-electron chi connectivity index (χ3n) is 8.91. The minimum atomic E-state index is -1.22. The number of carboxylic acids is 1. The molecular formula is C31H32FN5O5. The maximum absolute atomic E-state index is 13.9.